The number of rotatable bonds is 7. The van der Waals surface area contributed by atoms with Crippen LogP contribution in [-0.2, 0) is 10.8 Å². The predicted octanol–water partition coefficient (Wildman–Crippen LogP) is 2.83. The molecule has 2 N–H and O–H groups in total. The zero-order chi connectivity index (χ0) is 13.5. The first-order valence-electron chi connectivity index (χ1n) is 6.36. The molecule has 0 spiro atoms. The van der Waals surface area contributed by atoms with Gasteiger partial charge in [0, 0.05) is 27.5 Å². The molecule has 0 bridgehead atoms. The number of ether oxygens (including phenoxy) is 1. The molecule has 2 unspecified atom stereocenters. The monoisotopic (exact) mass is 269 g/mol. The number of nitrogens with two attached hydrogens (primary N) is 1. The van der Waals surface area contributed by atoms with E-state index in [-0.39, 0.29) is 5.25 Å². The van der Waals surface area contributed by atoms with Gasteiger partial charge in [-0.15, -0.1) is 0 Å². The maximum atomic E-state index is 11.9. The van der Waals surface area contributed by atoms with Crippen LogP contribution in [0.15, 0.2) is 24.3 Å². The number of anilines is 1. The zero-order valence-electron chi connectivity index (χ0n) is 11.4. The van der Waals surface area contributed by atoms with Crippen molar-refractivity contribution >= 4 is 16.5 Å². The van der Waals surface area contributed by atoms with Crippen molar-refractivity contribution in [2.24, 2.45) is 5.92 Å². The Balaban J connectivity index is 2.23. The summed E-state index contributed by atoms with van der Waals surface area (Å²) in [6.07, 6.45) is 0.814. The highest BCUT2D eigenvalue weighted by atomic mass is 32.2. The van der Waals surface area contributed by atoms with Crippen molar-refractivity contribution in [2.45, 2.75) is 32.4 Å². The lowest BCUT2D eigenvalue weighted by Gasteiger charge is -2.15. The summed E-state index contributed by atoms with van der Waals surface area (Å²) in [5.41, 5.74) is 6.32. The third-order valence-corrected chi connectivity index (χ3v) is 5.06. The molecule has 0 saturated heterocycles. The first-order valence-corrected chi connectivity index (χ1v) is 7.74. The van der Waals surface area contributed by atoms with Gasteiger partial charge in [0.1, 0.15) is 5.75 Å². The smallest absolute Gasteiger partial charge is 0.119 e. The van der Waals surface area contributed by atoms with E-state index in [9.17, 15) is 4.21 Å². The standard InChI is InChI=1S/C14H23NO2S/c1-11(2)12(3)18(16)10-4-9-17-14-7-5-13(15)6-8-14/h5-8,11-12H,4,9-10,15H2,1-3H3. The molecular formula is C14H23NO2S. The van der Waals surface area contributed by atoms with Gasteiger partial charge in [-0.1, -0.05) is 20.8 Å². The lowest BCUT2D eigenvalue weighted by Crippen LogP contribution is -2.20. The van der Waals surface area contributed by atoms with E-state index >= 15 is 0 Å². The molecule has 0 fully saturated rings. The van der Waals surface area contributed by atoms with Gasteiger partial charge in [-0.2, -0.15) is 0 Å². The Bertz CT molecular complexity index is 376. The molecule has 4 heteroatoms. The second-order valence-electron chi connectivity index (χ2n) is 4.81. The second-order valence-corrected chi connectivity index (χ2v) is 6.72. The van der Waals surface area contributed by atoms with Gasteiger partial charge >= 0.3 is 0 Å². The van der Waals surface area contributed by atoms with Gasteiger partial charge in [-0.25, -0.2) is 0 Å². The molecule has 18 heavy (non-hydrogen) atoms. The summed E-state index contributed by atoms with van der Waals surface area (Å²) in [5.74, 6) is 1.98. The molecule has 1 aromatic carbocycles. The normalized spacial score (nSPS) is 14.4. The molecule has 0 aromatic heterocycles. The topological polar surface area (TPSA) is 52.3 Å². The van der Waals surface area contributed by atoms with E-state index < -0.39 is 10.8 Å². The first kappa shape index (κ1) is 15.0. The predicted molar refractivity (Wildman–Crippen MR) is 78.3 cm³/mol. The molecule has 102 valence electrons. The van der Waals surface area contributed by atoms with Gasteiger partial charge in [0.25, 0.3) is 0 Å². The molecule has 0 aliphatic carbocycles. The highest BCUT2D eigenvalue weighted by molar-refractivity contribution is 7.85. The lowest BCUT2D eigenvalue weighted by molar-refractivity contribution is 0.318. The van der Waals surface area contributed by atoms with E-state index in [4.69, 9.17) is 10.5 Å². The molecule has 0 saturated carbocycles. The quantitative estimate of drug-likeness (QED) is 0.611. The Kier molecular flexibility index (Phi) is 6.19. The van der Waals surface area contributed by atoms with E-state index in [0.717, 1.165) is 17.9 Å². The van der Waals surface area contributed by atoms with Crippen molar-refractivity contribution in [3.8, 4) is 5.75 Å². The van der Waals surface area contributed by atoms with Gasteiger partial charge in [-0.05, 0) is 36.6 Å². The minimum absolute atomic E-state index is 0.251. The van der Waals surface area contributed by atoms with Gasteiger partial charge in [0.2, 0.25) is 0 Å². The molecule has 2 atom stereocenters. The summed E-state index contributed by atoms with van der Waals surface area (Å²) in [4.78, 5) is 0. The molecule has 0 amide bonds. The molecular weight excluding hydrogens is 246 g/mol. The van der Waals surface area contributed by atoms with Gasteiger partial charge < -0.3 is 10.5 Å². The van der Waals surface area contributed by atoms with Crippen LogP contribution < -0.4 is 10.5 Å². The molecule has 0 heterocycles. The molecule has 0 aliphatic rings. The highest BCUT2D eigenvalue weighted by Gasteiger charge is 2.14. The fourth-order valence-electron chi connectivity index (χ4n) is 1.44. The lowest BCUT2D eigenvalue weighted by atomic mass is 10.2. The summed E-state index contributed by atoms with van der Waals surface area (Å²) in [7, 11) is -0.756. The van der Waals surface area contributed by atoms with Crippen LogP contribution in [0.4, 0.5) is 5.69 Å². The van der Waals surface area contributed by atoms with Crippen LogP contribution in [0.3, 0.4) is 0 Å². The molecule has 3 nitrogen and oxygen atoms in total. The van der Waals surface area contributed by atoms with Crippen LogP contribution in [0.2, 0.25) is 0 Å². The van der Waals surface area contributed by atoms with Crippen LogP contribution in [0.25, 0.3) is 0 Å². The minimum Gasteiger partial charge on any atom is -0.494 e. The number of hydrogen-bond acceptors (Lipinski definition) is 3. The van der Waals surface area contributed by atoms with Crippen molar-refractivity contribution in [3.05, 3.63) is 24.3 Å². The summed E-state index contributed by atoms with van der Waals surface area (Å²) in [6.45, 7) is 6.85. The maximum absolute atomic E-state index is 11.9. The molecule has 1 rings (SSSR count). The van der Waals surface area contributed by atoms with E-state index in [0.29, 0.717) is 18.3 Å². The average molecular weight is 269 g/mol. The molecule has 1 aromatic rings. The third kappa shape index (κ3) is 5.08. The van der Waals surface area contributed by atoms with Gasteiger partial charge in [0.05, 0.1) is 6.61 Å². The van der Waals surface area contributed by atoms with E-state index in [1.807, 2.05) is 31.2 Å². The van der Waals surface area contributed by atoms with E-state index in [1.54, 1.807) is 0 Å². The van der Waals surface area contributed by atoms with Crippen LogP contribution in [-0.4, -0.2) is 21.8 Å². The fourth-order valence-corrected chi connectivity index (χ4v) is 2.83. The summed E-state index contributed by atoms with van der Waals surface area (Å²) in [5, 5.41) is 0.251. The number of benzene rings is 1. The first-order chi connectivity index (χ1) is 8.50. The summed E-state index contributed by atoms with van der Waals surface area (Å²) in [6, 6.07) is 7.33. The molecule has 0 aliphatic heterocycles. The second kappa shape index (κ2) is 7.41. The van der Waals surface area contributed by atoms with Crippen molar-refractivity contribution in [2.75, 3.05) is 18.1 Å². The summed E-state index contributed by atoms with van der Waals surface area (Å²) < 4.78 is 17.4. The van der Waals surface area contributed by atoms with E-state index in [1.165, 1.54) is 0 Å². The Morgan fingerprint density at radius 3 is 2.39 bits per heavy atom. The van der Waals surface area contributed by atoms with Crippen molar-refractivity contribution in [1.29, 1.82) is 0 Å². The Hall–Kier alpha value is -1.03. The largest absolute Gasteiger partial charge is 0.494 e. The zero-order valence-corrected chi connectivity index (χ0v) is 12.2. The van der Waals surface area contributed by atoms with Gasteiger partial charge in [-0.3, -0.25) is 4.21 Å². The number of nitrogen functional groups attached to an aromatic ring is 1. The van der Waals surface area contributed by atoms with Crippen LogP contribution in [0.1, 0.15) is 27.2 Å². The SMILES string of the molecule is CC(C)C(C)S(=O)CCCOc1ccc(N)cc1. The van der Waals surface area contributed by atoms with E-state index in [2.05, 4.69) is 13.8 Å². The number of hydrogen-bond donors (Lipinski definition) is 1. The van der Waals surface area contributed by atoms with Crippen molar-refractivity contribution in [1.82, 2.24) is 0 Å². The Morgan fingerprint density at radius 1 is 1.22 bits per heavy atom. The maximum Gasteiger partial charge on any atom is 0.119 e. The van der Waals surface area contributed by atoms with Crippen LogP contribution in [0, 0.1) is 5.92 Å². The average Bonchev–Trinajstić information content (AvgIpc) is 2.35. The van der Waals surface area contributed by atoms with Gasteiger partial charge in [0.15, 0.2) is 0 Å². The van der Waals surface area contributed by atoms with Crippen molar-refractivity contribution in [3.63, 3.8) is 0 Å². The molecule has 0 radical (unpaired) electrons. The third-order valence-electron chi connectivity index (χ3n) is 2.99. The van der Waals surface area contributed by atoms with Crippen molar-refractivity contribution < 1.29 is 8.95 Å². The highest BCUT2D eigenvalue weighted by Crippen LogP contribution is 2.14. The van der Waals surface area contributed by atoms with Crippen LogP contribution >= 0.6 is 0 Å². The Morgan fingerprint density at radius 2 is 1.83 bits per heavy atom. The summed E-state index contributed by atoms with van der Waals surface area (Å²) >= 11 is 0. The Labute approximate surface area is 112 Å². The fraction of sp³-hybridized carbons (Fsp3) is 0.571. The van der Waals surface area contributed by atoms with Crippen LogP contribution in [0.5, 0.6) is 5.75 Å². The minimum atomic E-state index is -0.756.